The van der Waals surface area contributed by atoms with Crippen molar-refractivity contribution in [3.8, 4) is 0 Å². The summed E-state index contributed by atoms with van der Waals surface area (Å²) < 4.78 is 9.57. The molecule has 1 atom stereocenters. The first-order valence-electron chi connectivity index (χ1n) is 5.91. The van der Waals surface area contributed by atoms with Crippen molar-refractivity contribution < 1.29 is 23.9 Å². The number of carbonyl (C=O) groups is 3. The third kappa shape index (κ3) is 6.74. The number of esters is 2. The summed E-state index contributed by atoms with van der Waals surface area (Å²) >= 11 is 3.14. The molecule has 1 unspecified atom stereocenters. The highest BCUT2D eigenvalue weighted by Gasteiger charge is 2.28. The Bertz CT molecular complexity index is 281. The van der Waals surface area contributed by atoms with E-state index in [1.165, 1.54) is 0 Å². The van der Waals surface area contributed by atoms with E-state index >= 15 is 0 Å². The van der Waals surface area contributed by atoms with Crippen LogP contribution in [0.15, 0.2) is 0 Å². The first kappa shape index (κ1) is 17.1. The van der Waals surface area contributed by atoms with Gasteiger partial charge in [0.1, 0.15) is 5.78 Å². The van der Waals surface area contributed by atoms with E-state index in [1.807, 2.05) is 0 Å². The Kier molecular flexibility index (Phi) is 8.62. The van der Waals surface area contributed by atoms with Crippen molar-refractivity contribution in [2.75, 3.05) is 13.2 Å². The molecule has 0 fully saturated rings. The van der Waals surface area contributed by atoms with Gasteiger partial charge in [0, 0.05) is 5.92 Å². The average Bonchev–Trinajstić information content (AvgIpc) is 2.27. The molecule has 0 N–H and O–H groups in total. The Morgan fingerprint density at radius 3 is 1.67 bits per heavy atom. The number of alkyl halides is 1. The predicted molar refractivity (Wildman–Crippen MR) is 69.4 cm³/mol. The van der Waals surface area contributed by atoms with Gasteiger partial charge in [0.25, 0.3) is 0 Å². The van der Waals surface area contributed by atoms with E-state index in [0.717, 1.165) is 0 Å². The summed E-state index contributed by atoms with van der Waals surface area (Å²) in [6.45, 7) is 5.54. The first-order chi connectivity index (χ1) is 8.42. The van der Waals surface area contributed by atoms with Gasteiger partial charge in [-0.15, -0.1) is 0 Å². The van der Waals surface area contributed by atoms with E-state index in [1.54, 1.807) is 20.8 Å². The molecule has 0 aliphatic carbocycles. The molecule has 0 radical (unpaired) electrons. The fourth-order valence-electron chi connectivity index (χ4n) is 1.44. The highest BCUT2D eigenvalue weighted by atomic mass is 79.9. The van der Waals surface area contributed by atoms with Gasteiger partial charge in [0.15, 0.2) is 0 Å². The van der Waals surface area contributed by atoms with Gasteiger partial charge < -0.3 is 9.47 Å². The van der Waals surface area contributed by atoms with E-state index in [0.29, 0.717) is 0 Å². The van der Waals surface area contributed by atoms with Crippen LogP contribution in [0, 0.1) is 5.92 Å². The Labute approximate surface area is 115 Å². The zero-order chi connectivity index (χ0) is 14.1. The normalized spacial score (nSPS) is 12.1. The van der Waals surface area contributed by atoms with E-state index in [-0.39, 0.29) is 31.8 Å². The van der Waals surface area contributed by atoms with Gasteiger partial charge in [-0.25, -0.2) is 0 Å². The van der Waals surface area contributed by atoms with Crippen LogP contribution in [0.25, 0.3) is 0 Å². The van der Waals surface area contributed by atoms with Crippen molar-refractivity contribution in [2.24, 2.45) is 5.92 Å². The minimum absolute atomic E-state index is 0.0958. The van der Waals surface area contributed by atoms with Crippen LogP contribution in [0.3, 0.4) is 0 Å². The van der Waals surface area contributed by atoms with E-state index in [9.17, 15) is 14.4 Å². The molecule has 0 bridgehead atoms. The maximum atomic E-state index is 11.9. The monoisotopic (exact) mass is 322 g/mol. The lowest BCUT2D eigenvalue weighted by Crippen LogP contribution is -2.28. The molecule has 0 aliphatic rings. The Hall–Kier alpha value is -0.910. The van der Waals surface area contributed by atoms with Crippen molar-refractivity contribution in [3.63, 3.8) is 0 Å². The van der Waals surface area contributed by atoms with Gasteiger partial charge in [0.2, 0.25) is 0 Å². The Morgan fingerprint density at radius 2 is 1.39 bits per heavy atom. The van der Waals surface area contributed by atoms with Crippen LogP contribution in [0.5, 0.6) is 0 Å². The molecular formula is C12H19BrO5. The second-order valence-electron chi connectivity index (χ2n) is 3.73. The number of carbonyl (C=O) groups excluding carboxylic acids is 3. The quantitative estimate of drug-likeness (QED) is 0.504. The zero-order valence-corrected chi connectivity index (χ0v) is 12.5. The van der Waals surface area contributed by atoms with E-state index in [2.05, 4.69) is 15.9 Å². The van der Waals surface area contributed by atoms with Crippen LogP contribution >= 0.6 is 15.9 Å². The third-order valence-electron chi connectivity index (χ3n) is 2.23. The Morgan fingerprint density at radius 1 is 1.00 bits per heavy atom. The molecule has 0 rings (SSSR count). The Balaban J connectivity index is 4.57. The lowest BCUT2D eigenvalue weighted by molar-refractivity contribution is -0.149. The van der Waals surface area contributed by atoms with Gasteiger partial charge in [-0.3, -0.25) is 14.4 Å². The van der Waals surface area contributed by atoms with Crippen LogP contribution in [0.1, 0.15) is 33.6 Å². The van der Waals surface area contributed by atoms with Gasteiger partial charge in [-0.2, -0.15) is 0 Å². The smallest absolute Gasteiger partial charge is 0.306 e. The number of Topliss-reactive ketones (excluding diaryl/α,β-unsaturated/α-hetero) is 1. The van der Waals surface area contributed by atoms with Crippen LogP contribution in [-0.2, 0) is 23.9 Å². The summed E-state index contributed by atoms with van der Waals surface area (Å²) in [5.74, 6) is -1.85. The molecule has 0 aromatic heterocycles. The molecule has 0 amide bonds. The molecule has 5 nitrogen and oxygen atoms in total. The number of hydrogen-bond donors (Lipinski definition) is 0. The third-order valence-corrected chi connectivity index (χ3v) is 2.68. The number of rotatable bonds is 8. The number of ether oxygens (including phenoxy) is 2. The summed E-state index contributed by atoms with van der Waals surface area (Å²) in [7, 11) is 0. The maximum absolute atomic E-state index is 11.9. The highest BCUT2D eigenvalue weighted by Crippen LogP contribution is 2.17. The van der Waals surface area contributed by atoms with Crippen LogP contribution < -0.4 is 0 Å². The number of halogens is 1. The van der Waals surface area contributed by atoms with Crippen LogP contribution in [-0.4, -0.2) is 35.8 Å². The second kappa shape index (κ2) is 9.08. The summed E-state index contributed by atoms with van der Waals surface area (Å²) in [6, 6.07) is 0. The summed E-state index contributed by atoms with van der Waals surface area (Å²) in [4.78, 5) is 34.2. The number of ketones is 1. The fraction of sp³-hybridized carbons (Fsp3) is 0.750. The van der Waals surface area contributed by atoms with Crippen molar-refractivity contribution in [2.45, 2.75) is 38.4 Å². The summed E-state index contributed by atoms with van der Waals surface area (Å²) in [6.07, 6.45) is -0.192. The molecular weight excluding hydrogens is 304 g/mol. The van der Waals surface area contributed by atoms with Crippen molar-refractivity contribution >= 4 is 33.7 Å². The molecule has 104 valence electrons. The number of hydrogen-bond acceptors (Lipinski definition) is 5. The fourth-order valence-corrected chi connectivity index (χ4v) is 1.81. The minimum Gasteiger partial charge on any atom is -0.466 e. The van der Waals surface area contributed by atoms with Crippen molar-refractivity contribution in [1.82, 2.24) is 0 Å². The maximum Gasteiger partial charge on any atom is 0.306 e. The van der Waals surface area contributed by atoms with Gasteiger partial charge in [-0.1, -0.05) is 15.9 Å². The van der Waals surface area contributed by atoms with Gasteiger partial charge in [0.05, 0.1) is 30.9 Å². The first-order valence-corrected chi connectivity index (χ1v) is 6.82. The summed E-state index contributed by atoms with van der Waals surface area (Å²) in [5.41, 5.74) is 0. The van der Waals surface area contributed by atoms with Crippen molar-refractivity contribution in [3.05, 3.63) is 0 Å². The molecule has 0 saturated heterocycles. The van der Waals surface area contributed by atoms with E-state index < -0.39 is 22.7 Å². The molecule has 0 aromatic rings. The highest BCUT2D eigenvalue weighted by molar-refractivity contribution is 9.10. The molecule has 0 heterocycles. The zero-order valence-electron chi connectivity index (χ0n) is 10.9. The topological polar surface area (TPSA) is 69.7 Å². The predicted octanol–water partition coefficient (Wildman–Crippen LogP) is 1.86. The van der Waals surface area contributed by atoms with E-state index in [4.69, 9.17) is 9.47 Å². The standard InChI is InChI=1S/C12H19BrO5/c1-4-17-10(14)6-9(12(16)8(3)13)7-11(15)18-5-2/h8-9H,4-7H2,1-3H3. The molecule has 0 spiro atoms. The largest absolute Gasteiger partial charge is 0.466 e. The lowest BCUT2D eigenvalue weighted by Gasteiger charge is -2.15. The van der Waals surface area contributed by atoms with Crippen LogP contribution in [0.2, 0.25) is 0 Å². The minimum atomic E-state index is -0.697. The molecule has 0 saturated carbocycles. The lowest BCUT2D eigenvalue weighted by atomic mass is 9.95. The molecule has 6 heteroatoms. The van der Waals surface area contributed by atoms with Crippen molar-refractivity contribution in [1.29, 1.82) is 0 Å². The summed E-state index contributed by atoms with van der Waals surface area (Å²) in [5, 5.41) is 0. The van der Waals surface area contributed by atoms with Gasteiger partial charge in [-0.05, 0) is 20.8 Å². The van der Waals surface area contributed by atoms with Crippen LogP contribution in [0.4, 0.5) is 0 Å². The molecule has 0 aliphatic heterocycles. The molecule has 0 aromatic carbocycles. The second-order valence-corrected chi connectivity index (χ2v) is 5.11. The van der Waals surface area contributed by atoms with Gasteiger partial charge >= 0.3 is 11.9 Å². The SMILES string of the molecule is CCOC(=O)CC(CC(=O)OCC)C(=O)C(C)Br. The average molecular weight is 323 g/mol. The molecule has 18 heavy (non-hydrogen) atoms.